The topological polar surface area (TPSA) is 60.5 Å². The van der Waals surface area contributed by atoms with Crippen molar-refractivity contribution >= 4 is 55.8 Å². The van der Waals surface area contributed by atoms with E-state index in [4.69, 9.17) is 32.7 Å². The van der Waals surface area contributed by atoms with Gasteiger partial charge in [-0.1, -0.05) is 34.5 Å². The molecule has 136 valence electrons. The number of fused-ring (bicyclic) bond motifs is 1. The lowest BCUT2D eigenvalue weighted by Crippen LogP contribution is -2.42. The van der Waals surface area contributed by atoms with E-state index in [1.807, 2.05) is 0 Å². The molecule has 1 amide bonds. The number of halogens is 2. The van der Waals surface area contributed by atoms with E-state index >= 15 is 0 Å². The highest BCUT2D eigenvalue weighted by atomic mass is 35.5. The molecule has 0 aliphatic heterocycles. The van der Waals surface area contributed by atoms with Crippen LogP contribution in [0.4, 0.5) is 5.13 Å². The zero-order valence-corrected chi connectivity index (χ0v) is 16.6. The molecule has 0 aliphatic rings. The number of hydrogen-bond donors (Lipinski definition) is 1. The normalized spacial score (nSPS) is 11.4. The van der Waals surface area contributed by atoms with Crippen molar-refractivity contribution in [3.8, 4) is 11.5 Å². The number of benzene rings is 2. The number of anilines is 1. The highest BCUT2D eigenvalue weighted by Crippen LogP contribution is 2.37. The monoisotopic (exact) mass is 410 g/mol. The molecule has 0 bridgehead atoms. The van der Waals surface area contributed by atoms with Gasteiger partial charge in [0.1, 0.15) is 17.0 Å². The maximum Gasteiger partial charge on any atom is 0.269 e. The van der Waals surface area contributed by atoms with E-state index in [9.17, 15) is 4.79 Å². The van der Waals surface area contributed by atoms with Crippen molar-refractivity contribution < 1.29 is 14.3 Å². The third-order valence-electron chi connectivity index (χ3n) is 3.63. The van der Waals surface area contributed by atoms with Crippen LogP contribution in [0.1, 0.15) is 13.8 Å². The first-order valence-corrected chi connectivity index (χ1v) is 9.26. The highest BCUT2D eigenvalue weighted by molar-refractivity contribution is 7.23. The molecule has 0 saturated carbocycles. The summed E-state index contributed by atoms with van der Waals surface area (Å²) in [5.41, 5.74) is -0.503. The van der Waals surface area contributed by atoms with Gasteiger partial charge in [-0.3, -0.25) is 10.1 Å². The first-order valence-electron chi connectivity index (χ1n) is 7.69. The average molecular weight is 411 g/mol. The number of thiazole rings is 1. The Kier molecular flexibility index (Phi) is 5.27. The second-order valence-corrected chi connectivity index (χ2v) is 7.81. The summed E-state index contributed by atoms with van der Waals surface area (Å²) >= 11 is 13.4. The van der Waals surface area contributed by atoms with Gasteiger partial charge in [0.2, 0.25) is 0 Å². The van der Waals surface area contributed by atoms with Gasteiger partial charge in [-0.15, -0.1) is 0 Å². The predicted octanol–water partition coefficient (Wildman–Crippen LogP) is 5.41. The molecule has 0 radical (unpaired) electrons. The SMILES string of the molecule is COc1ccc(Cl)c2sc(NC(=O)C(C)(C)Oc3ccc(Cl)cc3)nc12. The Morgan fingerprint density at radius 2 is 1.85 bits per heavy atom. The van der Waals surface area contributed by atoms with Gasteiger partial charge in [-0.25, -0.2) is 4.98 Å². The number of aromatic nitrogens is 1. The van der Waals surface area contributed by atoms with E-state index in [2.05, 4.69) is 10.3 Å². The standard InChI is InChI=1S/C18H16Cl2N2O3S/c1-18(2,25-11-6-4-10(19)5-7-11)16(23)22-17-21-14-13(24-3)9-8-12(20)15(14)26-17/h4-9H,1-3H3,(H,21,22,23). The molecule has 2 aromatic carbocycles. The fourth-order valence-corrected chi connectivity index (χ4v) is 3.54. The fourth-order valence-electron chi connectivity index (χ4n) is 2.26. The van der Waals surface area contributed by atoms with Gasteiger partial charge in [0.25, 0.3) is 5.91 Å². The van der Waals surface area contributed by atoms with Crippen LogP contribution in [0.3, 0.4) is 0 Å². The van der Waals surface area contributed by atoms with Gasteiger partial charge >= 0.3 is 0 Å². The van der Waals surface area contributed by atoms with Crippen LogP contribution in [0.15, 0.2) is 36.4 Å². The molecule has 8 heteroatoms. The highest BCUT2D eigenvalue weighted by Gasteiger charge is 2.31. The van der Waals surface area contributed by atoms with Crippen molar-refractivity contribution in [2.45, 2.75) is 19.4 Å². The lowest BCUT2D eigenvalue weighted by Gasteiger charge is -2.24. The number of carbonyl (C=O) groups excluding carboxylic acids is 1. The Labute approximate surface area is 164 Å². The molecule has 1 aromatic heterocycles. The van der Waals surface area contributed by atoms with Gasteiger partial charge in [-0.2, -0.15) is 0 Å². The van der Waals surface area contributed by atoms with Crippen molar-refractivity contribution in [3.63, 3.8) is 0 Å². The maximum atomic E-state index is 12.7. The number of nitrogens with zero attached hydrogens (tertiary/aromatic N) is 1. The Hall–Kier alpha value is -2.02. The van der Waals surface area contributed by atoms with Crippen LogP contribution in [0, 0.1) is 0 Å². The first kappa shape index (κ1) is 18.8. The van der Waals surface area contributed by atoms with Crippen LogP contribution in [-0.4, -0.2) is 23.6 Å². The lowest BCUT2D eigenvalue weighted by molar-refractivity contribution is -0.128. The molecule has 0 saturated heterocycles. The molecule has 3 aromatic rings. The number of amides is 1. The zero-order valence-electron chi connectivity index (χ0n) is 14.3. The molecule has 0 fully saturated rings. The molecule has 26 heavy (non-hydrogen) atoms. The minimum atomic E-state index is -1.11. The van der Waals surface area contributed by atoms with Crippen LogP contribution in [0.25, 0.3) is 10.2 Å². The molecule has 1 N–H and O–H groups in total. The van der Waals surface area contributed by atoms with E-state index in [0.717, 1.165) is 4.70 Å². The summed E-state index contributed by atoms with van der Waals surface area (Å²) in [6, 6.07) is 10.3. The summed E-state index contributed by atoms with van der Waals surface area (Å²) in [4.78, 5) is 17.1. The van der Waals surface area contributed by atoms with E-state index in [1.54, 1.807) is 57.4 Å². The third-order valence-corrected chi connectivity index (χ3v) is 5.32. The molecule has 0 aliphatic carbocycles. The zero-order chi connectivity index (χ0) is 18.9. The Morgan fingerprint density at radius 1 is 1.15 bits per heavy atom. The lowest BCUT2D eigenvalue weighted by atomic mass is 10.1. The van der Waals surface area contributed by atoms with Crippen molar-refractivity contribution in [2.24, 2.45) is 0 Å². The largest absolute Gasteiger partial charge is 0.494 e. The number of rotatable bonds is 5. The second-order valence-electron chi connectivity index (χ2n) is 5.97. The number of methoxy groups -OCH3 is 1. The van der Waals surface area contributed by atoms with E-state index in [1.165, 1.54) is 11.3 Å². The molecule has 0 unspecified atom stereocenters. The fraction of sp³-hybridized carbons (Fsp3) is 0.222. The van der Waals surface area contributed by atoms with Gasteiger partial charge in [0.15, 0.2) is 10.7 Å². The van der Waals surface area contributed by atoms with Crippen LogP contribution in [0.5, 0.6) is 11.5 Å². The summed E-state index contributed by atoms with van der Waals surface area (Å²) in [7, 11) is 1.56. The second kappa shape index (κ2) is 7.31. The molecular weight excluding hydrogens is 395 g/mol. The van der Waals surface area contributed by atoms with Crippen molar-refractivity contribution in [2.75, 3.05) is 12.4 Å². The number of carbonyl (C=O) groups is 1. The maximum absolute atomic E-state index is 12.7. The molecule has 0 spiro atoms. The van der Waals surface area contributed by atoms with Crippen LogP contribution in [-0.2, 0) is 4.79 Å². The van der Waals surface area contributed by atoms with Crippen LogP contribution in [0.2, 0.25) is 10.0 Å². The molecule has 5 nitrogen and oxygen atoms in total. The Bertz CT molecular complexity index is 955. The average Bonchev–Trinajstić information content (AvgIpc) is 3.02. The molecule has 0 atom stereocenters. The quantitative estimate of drug-likeness (QED) is 0.610. The van der Waals surface area contributed by atoms with Crippen molar-refractivity contribution in [1.29, 1.82) is 0 Å². The van der Waals surface area contributed by atoms with E-state index in [0.29, 0.717) is 32.2 Å². The van der Waals surface area contributed by atoms with E-state index in [-0.39, 0.29) is 5.91 Å². The Morgan fingerprint density at radius 3 is 2.50 bits per heavy atom. The summed E-state index contributed by atoms with van der Waals surface area (Å²) in [6.07, 6.45) is 0. The number of ether oxygens (including phenoxy) is 2. The predicted molar refractivity (Wildman–Crippen MR) is 106 cm³/mol. The van der Waals surface area contributed by atoms with Crippen molar-refractivity contribution in [3.05, 3.63) is 46.4 Å². The minimum Gasteiger partial charge on any atom is -0.494 e. The van der Waals surface area contributed by atoms with Gasteiger partial charge < -0.3 is 9.47 Å². The number of nitrogens with one attached hydrogen (secondary N) is 1. The van der Waals surface area contributed by atoms with Gasteiger partial charge in [0.05, 0.1) is 16.8 Å². The van der Waals surface area contributed by atoms with Crippen molar-refractivity contribution in [1.82, 2.24) is 4.98 Å². The summed E-state index contributed by atoms with van der Waals surface area (Å²) in [6.45, 7) is 3.36. The summed E-state index contributed by atoms with van der Waals surface area (Å²) in [5, 5.41) is 4.35. The molecular formula is C18H16Cl2N2O3S. The van der Waals surface area contributed by atoms with Crippen LogP contribution < -0.4 is 14.8 Å². The minimum absolute atomic E-state index is 0.332. The number of hydrogen-bond acceptors (Lipinski definition) is 5. The van der Waals surface area contributed by atoms with Gasteiger partial charge in [0, 0.05) is 5.02 Å². The van der Waals surface area contributed by atoms with Gasteiger partial charge in [-0.05, 0) is 50.2 Å². The van der Waals surface area contributed by atoms with E-state index < -0.39 is 5.60 Å². The van der Waals surface area contributed by atoms with Crippen LogP contribution >= 0.6 is 34.5 Å². The molecule has 3 rings (SSSR count). The summed E-state index contributed by atoms with van der Waals surface area (Å²) < 4.78 is 11.8. The first-order chi connectivity index (χ1) is 12.3. The smallest absolute Gasteiger partial charge is 0.269 e. The third kappa shape index (κ3) is 3.87. The summed E-state index contributed by atoms with van der Waals surface area (Å²) in [5.74, 6) is 0.808. The Balaban J connectivity index is 1.81. The molecule has 1 heterocycles.